The number of esters is 1. The Kier molecular flexibility index (Phi) is 5.02. The third-order valence-corrected chi connectivity index (χ3v) is 2.84. The van der Waals surface area contributed by atoms with E-state index in [2.05, 4.69) is 10.3 Å². The zero-order chi connectivity index (χ0) is 15.9. The standard InChI is InChI=1S/C15H16N2O5/c1-20-10-5-6-11(13(8-10)21-2)17-14(18)9-22-15(19)12-4-3-7-16-12/h3-8,16H,9H2,1-2H3,(H,17,18). The van der Waals surface area contributed by atoms with Gasteiger partial charge in [0.25, 0.3) is 5.91 Å². The Labute approximate surface area is 127 Å². The van der Waals surface area contributed by atoms with Gasteiger partial charge in [-0.3, -0.25) is 4.79 Å². The normalized spacial score (nSPS) is 9.91. The summed E-state index contributed by atoms with van der Waals surface area (Å²) in [5.41, 5.74) is 0.749. The second-order valence-electron chi connectivity index (χ2n) is 4.27. The largest absolute Gasteiger partial charge is 0.497 e. The van der Waals surface area contributed by atoms with Crippen molar-refractivity contribution in [1.29, 1.82) is 0 Å². The summed E-state index contributed by atoms with van der Waals surface area (Å²) in [6.07, 6.45) is 1.60. The second-order valence-corrected chi connectivity index (χ2v) is 4.27. The van der Waals surface area contributed by atoms with Crippen molar-refractivity contribution in [3.63, 3.8) is 0 Å². The number of amides is 1. The van der Waals surface area contributed by atoms with Gasteiger partial charge in [-0.15, -0.1) is 0 Å². The number of carbonyl (C=O) groups is 2. The lowest BCUT2D eigenvalue weighted by atomic mass is 10.2. The highest BCUT2D eigenvalue weighted by Crippen LogP contribution is 2.28. The number of rotatable bonds is 6. The minimum absolute atomic E-state index is 0.287. The molecule has 0 aliphatic heterocycles. The summed E-state index contributed by atoms with van der Waals surface area (Å²) in [5, 5.41) is 2.61. The lowest BCUT2D eigenvalue weighted by molar-refractivity contribution is -0.119. The van der Waals surface area contributed by atoms with Gasteiger partial charge in [-0.1, -0.05) is 0 Å². The molecule has 1 aromatic heterocycles. The first-order chi connectivity index (χ1) is 10.6. The van der Waals surface area contributed by atoms with Gasteiger partial charge in [0, 0.05) is 12.3 Å². The van der Waals surface area contributed by atoms with Crippen LogP contribution in [0.4, 0.5) is 5.69 Å². The fraction of sp³-hybridized carbons (Fsp3) is 0.200. The fourth-order valence-corrected chi connectivity index (χ4v) is 1.75. The van der Waals surface area contributed by atoms with Crippen molar-refractivity contribution in [1.82, 2.24) is 4.98 Å². The Bertz CT molecular complexity index is 652. The van der Waals surface area contributed by atoms with Crippen LogP contribution < -0.4 is 14.8 Å². The molecule has 0 unspecified atom stereocenters. The molecule has 0 radical (unpaired) electrons. The molecule has 0 bridgehead atoms. The van der Waals surface area contributed by atoms with Crippen molar-refractivity contribution in [2.75, 3.05) is 26.1 Å². The molecule has 1 aromatic carbocycles. The molecule has 0 atom stereocenters. The predicted molar refractivity (Wildman–Crippen MR) is 79.3 cm³/mol. The Morgan fingerprint density at radius 1 is 1.18 bits per heavy atom. The lowest BCUT2D eigenvalue weighted by Gasteiger charge is -2.11. The van der Waals surface area contributed by atoms with Crippen molar-refractivity contribution < 1.29 is 23.8 Å². The Morgan fingerprint density at radius 3 is 2.64 bits per heavy atom. The van der Waals surface area contributed by atoms with Gasteiger partial charge in [-0.05, 0) is 24.3 Å². The van der Waals surface area contributed by atoms with E-state index in [1.165, 1.54) is 14.2 Å². The summed E-state index contributed by atoms with van der Waals surface area (Å²) in [4.78, 5) is 26.1. The van der Waals surface area contributed by atoms with Gasteiger partial charge >= 0.3 is 5.97 Å². The van der Waals surface area contributed by atoms with Crippen LogP contribution in [0.3, 0.4) is 0 Å². The highest BCUT2D eigenvalue weighted by atomic mass is 16.5. The Balaban J connectivity index is 1.93. The Hall–Kier alpha value is -2.96. The van der Waals surface area contributed by atoms with Crippen molar-refractivity contribution in [2.24, 2.45) is 0 Å². The lowest BCUT2D eigenvalue weighted by Crippen LogP contribution is -2.21. The van der Waals surface area contributed by atoms with Gasteiger partial charge in [0.2, 0.25) is 0 Å². The maximum absolute atomic E-state index is 11.8. The van der Waals surface area contributed by atoms with Gasteiger partial charge in [-0.2, -0.15) is 0 Å². The quantitative estimate of drug-likeness (QED) is 0.795. The van der Waals surface area contributed by atoms with E-state index in [1.54, 1.807) is 36.5 Å². The monoisotopic (exact) mass is 304 g/mol. The van der Waals surface area contributed by atoms with E-state index >= 15 is 0 Å². The first-order valence-electron chi connectivity index (χ1n) is 6.46. The van der Waals surface area contributed by atoms with E-state index in [9.17, 15) is 9.59 Å². The molecule has 0 spiro atoms. The minimum atomic E-state index is -0.596. The minimum Gasteiger partial charge on any atom is -0.497 e. The van der Waals surface area contributed by atoms with Crippen LogP contribution in [-0.4, -0.2) is 37.7 Å². The molecule has 0 fully saturated rings. The molecule has 2 rings (SSSR count). The number of nitrogens with one attached hydrogen (secondary N) is 2. The first-order valence-corrected chi connectivity index (χ1v) is 6.46. The van der Waals surface area contributed by atoms with Crippen LogP contribution in [0.25, 0.3) is 0 Å². The van der Waals surface area contributed by atoms with Gasteiger partial charge in [-0.25, -0.2) is 4.79 Å². The summed E-state index contributed by atoms with van der Waals surface area (Å²) in [5.74, 6) is -0.0124. The van der Waals surface area contributed by atoms with Crippen LogP contribution in [0.2, 0.25) is 0 Å². The maximum Gasteiger partial charge on any atom is 0.355 e. The number of benzene rings is 1. The molecule has 0 aliphatic carbocycles. The number of hydrogen-bond donors (Lipinski definition) is 2. The van der Waals surface area contributed by atoms with Gasteiger partial charge in [0.1, 0.15) is 17.2 Å². The molecule has 0 aliphatic rings. The smallest absolute Gasteiger partial charge is 0.355 e. The third-order valence-electron chi connectivity index (χ3n) is 2.84. The number of methoxy groups -OCH3 is 2. The number of aromatic nitrogens is 1. The molecule has 0 saturated heterocycles. The van der Waals surface area contributed by atoms with Crippen LogP contribution in [0.1, 0.15) is 10.5 Å². The number of ether oxygens (including phenoxy) is 3. The molecular weight excluding hydrogens is 288 g/mol. The SMILES string of the molecule is COc1ccc(NC(=O)COC(=O)c2ccc[nH]2)c(OC)c1. The summed E-state index contributed by atoms with van der Waals surface area (Å²) in [6.45, 7) is -0.396. The van der Waals surface area contributed by atoms with Gasteiger partial charge in [0.15, 0.2) is 6.61 Å². The topological polar surface area (TPSA) is 89.6 Å². The van der Waals surface area contributed by atoms with Crippen molar-refractivity contribution in [3.05, 3.63) is 42.2 Å². The average molecular weight is 304 g/mol. The molecule has 1 heterocycles. The van der Waals surface area contributed by atoms with Crippen LogP contribution in [0.5, 0.6) is 11.5 Å². The van der Waals surface area contributed by atoms with E-state index in [4.69, 9.17) is 14.2 Å². The van der Waals surface area contributed by atoms with E-state index in [0.717, 1.165) is 0 Å². The molecule has 7 nitrogen and oxygen atoms in total. The summed E-state index contributed by atoms with van der Waals surface area (Å²) in [7, 11) is 3.02. The van der Waals surface area contributed by atoms with Crippen molar-refractivity contribution in [2.45, 2.75) is 0 Å². The summed E-state index contributed by atoms with van der Waals surface area (Å²) in [6, 6.07) is 8.19. The Morgan fingerprint density at radius 2 is 2.00 bits per heavy atom. The van der Waals surface area contributed by atoms with E-state index in [-0.39, 0.29) is 5.69 Å². The van der Waals surface area contributed by atoms with E-state index < -0.39 is 18.5 Å². The van der Waals surface area contributed by atoms with Crippen LogP contribution >= 0.6 is 0 Å². The number of hydrogen-bond acceptors (Lipinski definition) is 5. The number of carbonyl (C=O) groups excluding carboxylic acids is 2. The van der Waals surface area contributed by atoms with Crippen LogP contribution in [0, 0.1) is 0 Å². The van der Waals surface area contributed by atoms with Crippen LogP contribution in [-0.2, 0) is 9.53 Å². The second kappa shape index (κ2) is 7.16. The number of anilines is 1. The molecule has 2 aromatic rings. The fourth-order valence-electron chi connectivity index (χ4n) is 1.75. The molecule has 116 valence electrons. The average Bonchev–Trinajstić information content (AvgIpc) is 3.07. The number of aromatic amines is 1. The highest BCUT2D eigenvalue weighted by molar-refractivity contribution is 5.95. The molecule has 2 N–H and O–H groups in total. The zero-order valence-corrected chi connectivity index (χ0v) is 12.2. The van der Waals surface area contributed by atoms with Gasteiger partial charge < -0.3 is 24.5 Å². The third kappa shape index (κ3) is 3.78. The molecule has 1 amide bonds. The van der Waals surface area contributed by atoms with E-state index in [0.29, 0.717) is 17.2 Å². The summed E-state index contributed by atoms with van der Waals surface area (Å²) < 4.78 is 15.1. The molecule has 0 saturated carbocycles. The number of H-pyrrole nitrogens is 1. The highest BCUT2D eigenvalue weighted by Gasteiger charge is 2.13. The summed E-state index contributed by atoms with van der Waals surface area (Å²) >= 11 is 0. The molecular formula is C15H16N2O5. The van der Waals surface area contributed by atoms with Gasteiger partial charge in [0.05, 0.1) is 19.9 Å². The van der Waals surface area contributed by atoms with Crippen molar-refractivity contribution >= 4 is 17.6 Å². The zero-order valence-electron chi connectivity index (χ0n) is 12.2. The predicted octanol–water partition coefficient (Wildman–Crippen LogP) is 1.83. The van der Waals surface area contributed by atoms with E-state index in [1.807, 2.05) is 0 Å². The molecule has 7 heteroatoms. The molecule has 22 heavy (non-hydrogen) atoms. The van der Waals surface area contributed by atoms with Crippen LogP contribution in [0.15, 0.2) is 36.5 Å². The maximum atomic E-state index is 11.8. The first kappa shape index (κ1) is 15.4. The van der Waals surface area contributed by atoms with Crippen molar-refractivity contribution in [3.8, 4) is 11.5 Å².